The van der Waals surface area contributed by atoms with Gasteiger partial charge < -0.3 is 0 Å². The fraction of sp³-hybridized carbons (Fsp3) is 0.400. The minimum atomic E-state index is -0.000794. The van der Waals surface area contributed by atoms with Crippen molar-refractivity contribution in [3.8, 4) is 0 Å². The molecule has 32 heavy (non-hydrogen) atoms. The van der Waals surface area contributed by atoms with Crippen LogP contribution in [0.2, 0.25) is 0 Å². The van der Waals surface area contributed by atoms with Crippen LogP contribution >= 0.6 is 0 Å². The average molecular weight is 431 g/mol. The molecule has 2 heteroatoms. The van der Waals surface area contributed by atoms with Crippen LogP contribution in [0.1, 0.15) is 101 Å². The number of carbonyl (C=O) groups is 2. The van der Waals surface area contributed by atoms with E-state index in [1.807, 2.05) is 12.1 Å². The molecule has 0 aromatic heterocycles. The number of hydrogen-bond acceptors (Lipinski definition) is 2. The van der Waals surface area contributed by atoms with E-state index in [9.17, 15) is 9.59 Å². The summed E-state index contributed by atoms with van der Waals surface area (Å²) in [7, 11) is 0. The van der Waals surface area contributed by atoms with Crippen molar-refractivity contribution in [3.05, 3.63) is 93.1 Å². The van der Waals surface area contributed by atoms with E-state index in [-0.39, 0.29) is 11.6 Å². The summed E-state index contributed by atoms with van der Waals surface area (Å²) in [5.74, 6) is -0.00159. The van der Waals surface area contributed by atoms with Gasteiger partial charge in [0.1, 0.15) is 0 Å². The third kappa shape index (κ3) is 7.44. The Balaban J connectivity index is 2.29. The number of ketones is 2. The Hall–Kier alpha value is -2.74. The summed E-state index contributed by atoms with van der Waals surface area (Å²) >= 11 is 0. The maximum Gasteiger partial charge on any atom is 0.190 e. The van der Waals surface area contributed by atoms with Crippen LogP contribution in [0.5, 0.6) is 0 Å². The zero-order chi connectivity index (χ0) is 23.7. The summed E-state index contributed by atoms with van der Waals surface area (Å²) < 4.78 is 0. The molecular weight excluding hydrogens is 392 g/mol. The molecule has 1 aromatic rings. The Morgan fingerprint density at radius 3 is 1.34 bits per heavy atom. The van der Waals surface area contributed by atoms with Crippen molar-refractivity contribution in [1.82, 2.24) is 0 Å². The molecule has 1 aliphatic carbocycles. The summed E-state index contributed by atoms with van der Waals surface area (Å²) in [4.78, 5) is 26.6. The van der Waals surface area contributed by atoms with Crippen molar-refractivity contribution in [2.75, 3.05) is 0 Å². The maximum absolute atomic E-state index is 13.3. The Kier molecular flexibility index (Phi) is 9.84. The van der Waals surface area contributed by atoms with Gasteiger partial charge in [0.05, 0.1) is 0 Å². The van der Waals surface area contributed by atoms with Crippen LogP contribution in [0.15, 0.2) is 82.0 Å². The lowest BCUT2D eigenvalue weighted by Crippen LogP contribution is -2.22. The number of benzene rings is 1. The van der Waals surface area contributed by atoms with Crippen molar-refractivity contribution < 1.29 is 9.59 Å². The van der Waals surface area contributed by atoms with Gasteiger partial charge in [-0.2, -0.15) is 0 Å². The lowest BCUT2D eigenvalue weighted by Gasteiger charge is -2.20. The maximum atomic E-state index is 13.3. The molecule has 0 heterocycles. The third-order valence-corrected chi connectivity index (χ3v) is 5.82. The second kappa shape index (κ2) is 12.3. The smallest absolute Gasteiger partial charge is 0.190 e. The highest BCUT2D eigenvalue weighted by Crippen LogP contribution is 2.31. The largest absolute Gasteiger partial charge is 0.289 e. The first-order valence-electron chi connectivity index (χ1n) is 11.7. The van der Waals surface area contributed by atoms with E-state index in [1.165, 1.54) is 22.3 Å². The first-order chi connectivity index (χ1) is 15.2. The molecule has 0 unspecified atom stereocenters. The van der Waals surface area contributed by atoms with Gasteiger partial charge in [-0.3, -0.25) is 9.59 Å². The Bertz CT molecular complexity index is 920. The zero-order valence-corrected chi connectivity index (χ0v) is 20.7. The van der Waals surface area contributed by atoms with E-state index in [1.54, 1.807) is 12.1 Å². The molecule has 0 saturated heterocycles. The minimum Gasteiger partial charge on any atom is -0.289 e. The Morgan fingerprint density at radius 1 is 0.625 bits per heavy atom. The lowest BCUT2D eigenvalue weighted by molar-refractivity contribution is 0.0971. The summed E-state index contributed by atoms with van der Waals surface area (Å²) in [5, 5.41) is 0. The monoisotopic (exact) mass is 430 g/mol. The van der Waals surface area contributed by atoms with E-state index < -0.39 is 0 Å². The van der Waals surface area contributed by atoms with Crippen LogP contribution < -0.4 is 0 Å². The van der Waals surface area contributed by atoms with Crippen molar-refractivity contribution in [3.63, 3.8) is 0 Å². The average Bonchev–Trinajstić information content (AvgIpc) is 2.74. The lowest BCUT2D eigenvalue weighted by atomic mass is 9.81. The number of fused-ring (bicyclic) bond motifs is 1. The number of hydrogen-bond donors (Lipinski definition) is 0. The second-order valence-corrected chi connectivity index (χ2v) is 9.31. The van der Waals surface area contributed by atoms with Gasteiger partial charge in [0.25, 0.3) is 0 Å². The third-order valence-electron chi connectivity index (χ3n) is 5.82. The molecule has 0 amide bonds. The molecular formula is C30H38O2. The number of carbonyl (C=O) groups excluding carboxylic acids is 2. The highest BCUT2D eigenvalue weighted by Gasteiger charge is 2.30. The molecule has 1 aliphatic rings. The van der Waals surface area contributed by atoms with Crippen molar-refractivity contribution in [2.45, 2.75) is 80.1 Å². The van der Waals surface area contributed by atoms with Gasteiger partial charge in [0.15, 0.2) is 11.6 Å². The van der Waals surface area contributed by atoms with E-state index in [0.29, 0.717) is 35.1 Å². The van der Waals surface area contributed by atoms with Gasteiger partial charge in [-0.15, -0.1) is 0 Å². The highest BCUT2D eigenvalue weighted by atomic mass is 16.1. The molecule has 170 valence electrons. The molecule has 0 bridgehead atoms. The molecule has 0 aliphatic heterocycles. The molecule has 0 saturated carbocycles. The van der Waals surface area contributed by atoms with Gasteiger partial charge in [-0.1, -0.05) is 70.9 Å². The number of allylic oxidation sites excluding steroid dienone is 10. The summed E-state index contributed by atoms with van der Waals surface area (Å²) in [6.07, 6.45) is 13.7. The first-order valence-corrected chi connectivity index (χ1v) is 11.7. The molecule has 0 N–H and O–H groups in total. The summed E-state index contributed by atoms with van der Waals surface area (Å²) in [6, 6.07) is 7.22. The summed E-state index contributed by atoms with van der Waals surface area (Å²) in [6.45, 7) is 12.6. The van der Waals surface area contributed by atoms with Gasteiger partial charge in [0.2, 0.25) is 0 Å². The van der Waals surface area contributed by atoms with E-state index in [4.69, 9.17) is 0 Å². The quantitative estimate of drug-likeness (QED) is 0.349. The van der Waals surface area contributed by atoms with Crippen LogP contribution in [0.25, 0.3) is 0 Å². The van der Waals surface area contributed by atoms with E-state index >= 15 is 0 Å². The van der Waals surface area contributed by atoms with E-state index in [0.717, 1.165) is 25.7 Å². The zero-order valence-electron chi connectivity index (χ0n) is 20.7. The first kappa shape index (κ1) is 25.5. The fourth-order valence-electron chi connectivity index (χ4n) is 3.84. The predicted octanol–water partition coefficient (Wildman–Crippen LogP) is 8.53. The van der Waals surface area contributed by atoms with Crippen LogP contribution in [0.4, 0.5) is 0 Å². The molecule has 0 fully saturated rings. The molecule has 2 rings (SSSR count). The standard InChI is InChI=1S/C30H38O2/c1-21(2)11-9-13-23(5)17-19-27-28(20-18-24(6)14-10-12-22(3)4)30(32)26-16-8-7-15-25(26)29(27)31/h7-8,11-12,15-18H,9-10,13-14,19-20H2,1-6H3/b23-17+,24-18+. The number of rotatable bonds is 10. The number of Topliss-reactive ketones (excluding diaryl/α,β-unsaturated/α-hetero) is 2. The van der Waals surface area contributed by atoms with Crippen LogP contribution in [0, 0.1) is 0 Å². The fourth-order valence-corrected chi connectivity index (χ4v) is 3.84. The van der Waals surface area contributed by atoms with Crippen LogP contribution in [-0.4, -0.2) is 11.6 Å². The Labute approximate surface area is 194 Å². The molecule has 0 atom stereocenters. The van der Waals surface area contributed by atoms with Crippen molar-refractivity contribution >= 4 is 11.6 Å². The molecule has 2 nitrogen and oxygen atoms in total. The SMILES string of the molecule is CC(C)=CCC/C(C)=C/CC1=C(C/C=C(\C)CCC=C(C)C)C(=O)c2ccccc2C1=O. The molecule has 0 spiro atoms. The highest BCUT2D eigenvalue weighted by molar-refractivity contribution is 6.27. The predicted molar refractivity (Wildman–Crippen MR) is 136 cm³/mol. The van der Waals surface area contributed by atoms with E-state index in [2.05, 4.69) is 65.8 Å². The van der Waals surface area contributed by atoms with Crippen LogP contribution in [-0.2, 0) is 0 Å². The second-order valence-electron chi connectivity index (χ2n) is 9.31. The van der Waals surface area contributed by atoms with Gasteiger partial charge in [-0.05, 0) is 80.1 Å². The van der Waals surface area contributed by atoms with Gasteiger partial charge >= 0.3 is 0 Å². The summed E-state index contributed by atoms with van der Waals surface area (Å²) in [5.41, 5.74) is 7.53. The minimum absolute atomic E-state index is 0.000794. The van der Waals surface area contributed by atoms with Gasteiger partial charge in [0, 0.05) is 22.3 Å². The van der Waals surface area contributed by atoms with Crippen molar-refractivity contribution in [1.29, 1.82) is 0 Å². The topological polar surface area (TPSA) is 34.1 Å². The molecule has 1 aromatic carbocycles. The van der Waals surface area contributed by atoms with Gasteiger partial charge in [-0.25, -0.2) is 0 Å². The van der Waals surface area contributed by atoms with Crippen molar-refractivity contribution in [2.24, 2.45) is 0 Å². The Morgan fingerprint density at radius 2 is 1.00 bits per heavy atom. The molecule has 0 radical (unpaired) electrons. The van der Waals surface area contributed by atoms with Crippen LogP contribution in [0.3, 0.4) is 0 Å². The normalized spacial score (nSPS) is 14.4.